The zero-order valence-corrected chi connectivity index (χ0v) is 33.7. The largest absolute Gasteiger partial charge is 0.497 e. The lowest BCUT2D eigenvalue weighted by Gasteiger charge is -2.37. The number of methoxy groups -OCH3 is 1. The van der Waals surface area contributed by atoms with Gasteiger partial charge in [0.05, 0.1) is 58.5 Å². The molecule has 10 nitrogen and oxygen atoms in total. The van der Waals surface area contributed by atoms with Gasteiger partial charge < -0.3 is 35.0 Å². The molecule has 0 bridgehead atoms. The molecule has 3 aromatic rings. The lowest BCUT2D eigenvalue weighted by Crippen LogP contribution is -2.52. The Morgan fingerprint density at radius 1 is 1.08 bits per heavy atom. The Kier molecular flexibility index (Phi) is 10.9. The van der Waals surface area contributed by atoms with Gasteiger partial charge in [-0.1, -0.05) is 65.4 Å². The van der Waals surface area contributed by atoms with Crippen molar-refractivity contribution in [2.24, 2.45) is 11.8 Å². The van der Waals surface area contributed by atoms with Gasteiger partial charge in [0.15, 0.2) is 5.60 Å². The summed E-state index contributed by atoms with van der Waals surface area (Å²) in [6, 6.07) is 21.7. The smallest absolute Gasteiger partial charge is 0.264 e. The number of amides is 3. The number of carbonyl (C=O) groups excluding carboxylic acids is 3. The number of ether oxygens (including phenoxy) is 2. The highest BCUT2D eigenvalue weighted by Gasteiger charge is 2.66. The maximum Gasteiger partial charge on any atom is 0.264 e. The third kappa shape index (κ3) is 6.97. The third-order valence-electron chi connectivity index (χ3n) is 12.3. The number of halogens is 1. The quantitative estimate of drug-likeness (QED) is 0.231. The fraction of sp³-hybridized carbons (Fsp3) is 0.488. The molecule has 1 unspecified atom stereocenters. The number of nitrogens with one attached hydrogen (secondary N) is 2. The Morgan fingerprint density at radius 3 is 2.51 bits per heavy atom. The fourth-order valence-electron chi connectivity index (χ4n) is 9.48. The molecule has 0 aliphatic carbocycles. The number of hydrogen-bond donors (Lipinski definition) is 3. The van der Waals surface area contributed by atoms with E-state index < -0.39 is 19.8 Å². The first-order valence-corrected chi connectivity index (χ1v) is 22.8. The minimum Gasteiger partial charge on any atom is -0.497 e. The minimum absolute atomic E-state index is 0.0220. The van der Waals surface area contributed by atoms with E-state index in [4.69, 9.17) is 9.47 Å². The second-order valence-electron chi connectivity index (χ2n) is 15.7. The van der Waals surface area contributed by atoms with E-state index in [0.29, 0.717) is 19.6 Å². The van der Waals surface area contributed by atoms with E-state index in [2.05, 4.69) is 58.7 Å². The fourth-order valence-corrected chi connectivity index (χ4v) is 13.9. The highest BCUT2D eigenvalue weighted by atomic mass is 79.9. The first-order chi connectivity index (χ1) is 25.5. The van der Waals surface area contributed by atoms with E-state index >= 15 is 4.79 Å². The maximum atomic E-state index is 15.2. The van der Waals surface area contributed by atoms with Gasteiger partial charge in [-0.15, -0.1) is 0 Å². The Balaban J connectivity index is 1.21. The molecule has 4 heterocycles. The van der Waals surface area contributed by atoms with Crippen molar-refractivity contribution in [1.29, 1.82) is 0 Å². The molecule has 4 aliphatic rings. The normalized spacial score (nSPS) is 27.0. The Hall–Kier alpha value is -3.55. The van der Waals surface area contributed by atoms with Crippen molar-refractivity contribution in [3.8, 4) is 5.75 Å². The highest BCUT2D eigenvalue weighted by Crippen LogP contribution is 2.60. The Morgan fingerprint density at radius 2 is 1.83 bits per heavy atom. The molecule has 3 aromatic carbocycles. The van der Waals surface area contributed by atoms with Gasteiger partial charge in [0.2, 0.25) is 11.8 Å². The number of benzene rings is 3. The van der Waals surface area contributed by atoms with Crippen LogP contribution < -0.4 is 25.5 Å². The molecule has 3 amide bonds. The van der Waals surface area contributed by atoms with Crippen molar-refractivity contribution >= 4 is 58.3 Å². The van der Waals surface area contributed by atoms with Gasteiger partial charge in [-0.2, -0.15) is 0 Å². The summed E-state index contributed by atoms with van der Waals surface area (Å²) in [6.45, 7) is 9.27. The second kappa shape index (κ2) is 15.3. The third-order valence-corrected chi connectivity index (χ3v) is 17.2. The number of fused-ring (bicyclic) bond motifs is 2. The molecule has 7 rings (SSSR count). The van der Waals surface area contributed by atoms with Crippen LogP contribution in [0.3, 0.4) is 0 Å². The van der Waals surface area contributed by atoms with Crippen molar-refractivity contribution in [1.82, 2.24) is 10.2 Å². The molecule has 1 spiro atoms. The van der Waals surface area contributed by atoms with Gasteiger partial charge in [0.25, 0.3) is 5.91 Å². The molecule has 0 saturated carbocycles. The topological polar surface area (TPSA) is 120 Å². The number of rotatable bonds is 10. The van der Waals surface area contributed by atoms with E-state index in [1.54, 1.807) is 7.11 Å². The monoisotopic (exact) mass is 802 g/mol. The van der Waals surface area contributed by atoms with Crippen LogP contribution >= 0.6 is 15.9 Å². The summed E-state index contributed by atoms with van der Waals surface area (Å²) >= 11 is 3.69. The van der Waals surface area contributed by atoms with Crippen LogP contribution in [-0.4, -0.2) is 81.3 Å². The van der Waals surface area contributed by atoms with Gasteiger partial charge in [0, 0.05) is 34.7 Å². The molecule has 3 fully saturated rings. The molecule has 6 atom stereocenters. The molecule has 0 radical (unpaired) electrons. The predicted octanol–water partition coefficient (Wildman–Crippen LogP) is 5.53. The van der Waals surface area contributed by atoms with Gasteiger partial charge in [-0.3, -0.25) is 14.4 Å². The number of carbonyl (C=O) groups is 3. The summed E-state index contributed by atoms with van der Waals surface area (Å²) in [7, 11) is -0.792. The van der Waals surface area contributed by atoms with Crippen LogP contribution in [0, 0.1) is 11.8 Å². The number of nitrogens with zero attached hydrogens (tertiary/aromatic N) is 2. The zero-order valence-electron chi connectivity index (χ0n) is 31.1. The van der Waals surface area contributed by atoms with E-state index in [1.165, 1.54) is 5.19 Å². The van der Waals surface area contributed by atoms with E-state index in [-0.39, 0.29) is 54.2 Å². The average molecular weight is 804 g/mol. The molecule has 4 aliphatic heterocycles. The molecule has 3 N–H and O–H groups in total. The summed E-state index contributed by atoms with van der Waals surface area (Å²) in [5.74, 6) is 0.331. The molecular weight excluding hydrogens is 752 g/mol. The number of aliphatic hydroxyl groups is 1. The van der Waals surface area contributed by atoms with Crippen LogP contribution in [0.4, 0.5) is 11.4 Å². The first-order valence-electron chi connectivity index (χ1n) is 18.9. The van der Waals surface area contributed by atoms with Gasteiger partial charge >= 0.3 is 0 Å². The molecular formula is C41H51BrN4O6Si. The van der Waals surface area contributed by atoms with Gasteiger partial charge in [-0.05, 0) is 85.8 Å². The maximum absolute atomic E-state index is 15.2. The molecule has 53 heavy (non-hydrogen) atoms. The summed E-state index contributed by atoms with van der Waals surface area (Å²) in [6.07, 6.45) is 3.13. The summed E-state index contributed by atoms with van der Waals surface area (Å²) in [5, 5.41) is 17.6. The lowest BCUT2D eigenvalue weighted by atomic mass is 9.82. The number of aliphatic hydroxyl groups excluding tert-OH is 1. The number of hydrogen-bond acceptors (Lipinski definition) is 7. The SMILES string of the molecule is COc1ccc([Si](C)(C)[C@@H]2[C@@H](CC(=O)N3CCC[C@H]3CO)O[C@]3(C(=O)N(Cc4ccc(NC(=O)C5CCCNC5)cc4)c4ccc(Br)cc43)[C@H]2C)cc1. The molecule has 12 heteroatoms. The Bertz CT molecular complexity index is 1830. The van der Waals surface area contributed by atoms with Crippen molar-refractivity contribution in [2.45, 2.75) is 82.0 Å². The van der Waals surface area contributed by atoms with Crippen LogP contribution in [0.5, 0.6) is 5.75 Å². The number of likely N-dealkylation sites (tertiary alicyclic amines) is 1. The van der Waals surface area contributed by atoms with Crippen molar-refractivity contribution in [3.05, 3.63) is 82.3 Å². The zero-order chi connectivity index (χ0) is 37.5. The second-order valence-corrected chi connectivity index (χ2v) is 21.3. The van der Waals surface area contributed by atoms with Crippen LogP contribution in [0.15, 0.2) is 71.2 Å². The lowest BCUT2D eigenvalue weighted by molar-refractivity contribution is -0.150. The summed E-state index contributed by atoms with van der Waals surface area (Å²) in [5.41, 5.74) is 1.87. The number of piperidine rings is 1. The van der Waals surface area contributed by atoms with Gasteiger partial charge in [-0.25, -0.2) is 0 Å². The van der Waals surface area contributed by atoms with Crippen molar-refractivity contribution in [2.75, 3.05) is 43.6 Å². The highest BCUT2D eigenvalue weighted by molar-refractivity contribution is 9.10. The summed E-state index contributed by atoms with van der Waals surface area (Å²) in [4.78, 5) is 45.7. The van der Waals surface area contributed by atoms with E-state index in [0.717, 1.165) is 65.0 Å². The number of anilines is 2. The van der Waals surface area contributed by atoms with Crippen LogP contribution in [-0.2, 0) is 31.3 Å². The van der Waals surface area contributed by atoms with Crippen LogP contribution in [0.1, 0.15) is 50.2 Å². The molecule has 282 valence electrons. The predicted molar refractivity (Wildman–Crippen MR) is 212 cm³/mol. The van der Waals surface area contributed by atoms with Crippen LogP contribution in [0.2, 0.25) is 18.6 Å². The molecule has 3 saturated heterocycles. The Labute approximate surface area is 321 Å². The van der Waals surface area contributed by atoms with E-state index in [1.807, 2.05) is 64.4 Å². The average Bonchev–Trinajstić information content (AvgIpc) is 3.83. The standard InChI is InChI=1S/C41H51BrN4O6Si/c1-26-38(53(3,4)33-16-14-32(51-2)15-17-33)36(22-37(48)45-20-6-8-31(45)25-47)52-41(26)34-21-29(42)11-18-35(34)46(40(41)50)24-27-9-12-30(13-10-27)44-39(49)28-7-5-19-43-23-28/h9-18,21,26,28,31,36,38,43,47H,5-8,19-20,22-25H2,1-4H3,(H,44,49)/t26-,28?,31-,36+,38-,41+/m0/s1. The van der Waals surface area contributed by atoms with Crippen molar-refractivity contribution < 1.29 is 29.0 Å². The molecule has 0 aromatic heterocycles. The van der Waals surface area contributed by atoms with Crippen molar-refractivity contribution in [3.63, 3.8) is 0 Å². The van der Waals surface area contributed by atoms with E-state index in [9.17, 15) is 14.7 Å². The van der Waals surface area contributed by atoms with Crippen LogP contribution in [0.25, 0.3) is 0 Å². The first kappa shape index (κ1) is 37.7. The van der Waals surface area contributed by atoms with Gasteiger partial charge in [0.1, 0.15) is 5.75 Å². The minimum atomic E-state index is -2.45. The summed E-state index contributed by atoms with van der Waals surface area (Å²) < 4.78 is 13.5.